The van der Waals surface area contributed by atoms with Crippen LogP contribution in [0.2, 0.25) is 0 Å². The molecule has 0 amide bonds. The van der Waals surface area contributed by atoms with E-state index >= 15 is 0 Å². The van der Waals surface area contributed by atoms with E-state index in [0.717, 1.165) is 11.5 Å². The Morgan fingerprint density at radius 1 is 0.968 bits per heavy atom. The summed E-state index contributed by atoms with van der Waals surface area (Å²) in [5, 5.41) is 0. The highest BCUT2D eigenvalue weighted by Crippen LogP contribution is 2.41. The van der Waals surface area contributed by atoms with Gasteiger partial charge >= 0.3 is 0 Å². The third-order valence-corrected chi connectivity index (χ3v) is 5.59. The van der Waals surface area contributed by atoms with E-state index in [1.165, 1.54) is 35.1 Å². The van der Waals surface area contributed by atoms with Crippen molar-refractivity contribution in [2.45, 2.75) is 24.9 Å². The molecule has 0 bridgehead atoms. The number of fused-ring (bicyclic) bond motifs is 2. The predicted octanol–water partition coefficient (Wildman–Crippen LogP) is 4.27. The highest BCUT2D eigenvalue weighted by molar-refractivity contribution is 5.45. The van der Waals surface area contributed by atoms with Crippen molar-refractivity contribution in [3.05, 3.63) is 88.6 Å². The number of rotatable bonds is 4. The summed E-state index contributed by atoms with van der Waals surface area (Å²) in [5.41, 5.74) is 2.85. The van der Waals surface area contributed by atoms with E-state index < -0.39 is 0 Å². The molecule has 1 saturated carbocycles. The summed E-state index contributed by atoms with van der Waals surface area (Å²) >= 11 is 0. The minimum absolute atomic E-state index is 0.174. The zero-order valence-electron chi connectivity index (χ0n) is 16.6. The summed E-state index contributed by atoms with van der Waals surface area (Å²) in [6.45, 7) is 0.401. The molecule has 1 fully saturated rings. The van der Waals surface area contributed by atoms with Gasteiger partial charge in [-0.05, 0) is 42.0 Å². The highest BCUT2D eigenvalue weighted by Gasteiger charge is 2.26. The zero-order chi connectivity index (χ0) is 20.8. The quantitative estimate of drug-likeness (QED) is 0.497. The second-order valence-corrected chi connectivity index (χ2v) is 7.81. The first-order valence-electron chi connectivity index (χ1n) is 10.3. The van der Waals surface area contributed by atoms with Crippen LogP contribution < -0.4 is 19.8 Å². The van der Waals surface area contributed by atoms with Crippen molar-refractivity contribution in [3.8, 4) is 23.1 Å². The van der Waals surface area contributed by atoms with Crippen molar-refractivity contribution in [2.75, 3.05) is 6.61 Å². The molecule has 31 heavy (non-hydrogen) atoms. The van der Waals surface area contributed by atoms with Crippen LogP contribution in [-0.2, 0) is 0 Å². The Hall–Kier alpha value is -3.87. The summed E-state index contributed by atoms with van der Waals surface area (Å²) in [5.74, 6) is 2.69. The van der Waals surface area contributed by atoms with Gasteiger partial charge in [-0.1, -0.05) is 24.3 Å². The third kappa shape index (κ3) is 3.48. The highest BCUT2D eigenvalue weighted by atomic mass is 16.6. The molecular formula is C24H19N3O4. The Labute approximate surface area is 177 Å². The first kappa shape index (κ1) is 17.9. The minimum Gasteiger partial charge on any atom is -0.484 e. The number of hydrogen-bond acceptors (Lipinski definition) is 6. The van der Waals surface area contributed by atoms with Crippen molar-refractivity contribution in [1.82, 2.24) is 14.4 Å². The number of ether oxygens (including phenoxy) is 3. The second kappa shape index (κ2) is 7.12. The number of benzene rings is 1. The summed E-state index contributed by atoms with van der Waals surface area (Å²) in [6.07, 6.45) is 7.05. The normalized spacial score (nSPS) is 17.5. The fourth-order valence-electron chi connectivity index (χ4n) is 3.77. The molecule has 0 spiro atoms. The molecule has 7 nitrogen and oxygen atoms in total. The van der Waals surface area contributed by atoms with Gasteiger partial charge in [0.25, 0.3) is 11.4 Å². The SMILES string of the molecule is O=c1ccnc2ccc(Oc3cnc4c(c3)OC[C@H](c3ccc(C5CC5)cc3)O4)cn12. The fraction of sp³-hybridized carbons (Fsp3) is 0.208. The van der Waals surface area contributed by atoms with E-state index in [0.29, 0.717) is 35.4 Å². The van der Waals surface area contributed by atoms with Gasteiger partial charge in [-0.25, -0.2) is 9.97 Å². The summed E-state index contributed by atoms with van der Waals surface area (Å²) in [7, 11) is 0. The Kier molecular flexibility index (Phi) is 4.12. The molecule has 1 aliphatic carbocycles. The van der Waals surface area contributed by atoms with Gasteiger partial charge in [0.1, 0.15) is 23.8 Å². The van der Waals surface area contributed by atoms with Crippen LogP contribution in [0.5, 0.6) is 23.1 Å². The molecule has 3 aromatic heterocycles. The number of nitrogens with zero attached hydrogens (tertiary/aromatic N) is 3. The van der Waals surface area contributed by atoms with Crippen LogP contribution in [0.25, 0.3) is 5.65 Å². The molecule has 0 radical (unpaired) electrons. The molecule has 1 aromatic carbocycles. The predicted molar refractivity (Wildman–Crippen MR) is 113 cm³/mol. The zero-order valence-corrected chi connectivity index (χ0v) is 16.6. The third-order valence-electron chi connectivity index (χ3n) is 5.59. The van der Waals surface area contributed by atoms with E-state index in [1.54, 1.807) is 30.6 Å². The van der Waals surface area contributed by atoms with Crippen LogP contribution in [0.15, 0.2) is 71.9 Å². The van der Waals surface area contributed by atoms with Crippen molar-refractivity contribution in [3.63, 3.8) is 0 Å². The molecule has 0 N–H and O–H groups in total. The maximum atomic E-state index is 12.0. The molecule has 1 atom stereocenters. The summed E-state index contributed by atoms with van der Waals surface area (Å²) < 4.78 is 19.3. The van der Waals surface area contributed by atoms with Gasteiger partial charge in [-0.15, -0.1) is 0 Å². The molecule has 0 unspecified atom stereocenters. The molecule has 7 heteroatoms. The lowest BCUT2D eigenvalue weighted by Gasteiger charge is -2.26. The van der Waals surface area contributed by atoms with Gasteiger partial charge in [0, 0.05) is 18.3 Å². The minimum atomic E-state index is -0.195. The summed E-state index contributed by atoms with van der Waals surface area (Å²) in [4.78, 5) is 20.5. The van der Waals surface area contributed by atoms with Gasteiger partial charge in [0.15, 0.2) is 11.9 Å². The van der Waals surface area contributed by atoms with Crippen LogP contribution in [0, 0.1) is 0 Å². The topological polar surface area (TPSA) is 75.0 Å². The molecule has 2 aliphatic rings. The lowest BCUT2D eigenvalue weighted by atomic mass is 10.0. The van der Waals surface area contributed by atoms with Gasteiger partial charge in [-0.2, -0.15) is 0 Å². The van der Waals surface area contributed by atoms with E-state index in [2.05, 4.69) is 34.2 Å². The van der Waals surface area contributed by atoms with Crippen LogP contribution in [-0.4, -0.2) is 21.0 Å². The molecule has 0 saturated heterocycles. The van der Waals surface area contributed by atoms with Crippen molar-refractivity contribution < 1.29 is 14.2 Å². The lowest BCUT2D eigenvalue weighted by Crippen LogP contribution is -2.22. The van der Waals surface area contributed by atoms with E-state index in [4.69, 9.17) is 14.2 Å². The fourth-order valence-corrected chi connectivity index (χ4v) is 3.77. The van der Waals surface area contributed by atoms with Crippen molar-refractivity contribution in [2.24, 2.45) is 0 Å². The van der Waals surface area contributed by atoms with Crippen molar-refractivity contribution >= 4 is 5.65 Å². The van der Waals surface area contributed by atoms with E-state index in [-0.39, 0.29) is 11.7 Å². The maximum Gasteiger partial charge on any atom is 0.258 e. The van der Waals surface area contributed by atoms with Crippen LogP contribution in [0.1, 0.15) is 36.0 Å². The molecule has 6 rings (SSSR count). The Bertz CT molecular complexity index is 1330. The van der Waals surface area contributed by atoms with E-state index in [1.807, 2.05) is 0 Å². The molecule has 4 heterocycles. The van der Waals surface area contributed by atoms with E-state index in [9.17, 15) is 4.79 Å². The molecule has 4 aromatic rings. The largest absolute Gasteiger partial charge is 0.484 e. The van der Waals surface area contributed by atoms with Crippen molar-refractivity contribution in [1.29, 1.82) is 0 Å². The van der Waals surface area contributed by atoms with Gasteiger partial charge in [-0.3, -0.25) is 9.20 Å². The number of hydrogen-bond donors (Lipinski definition) is 0. The first-order chi connectivity index (χ1) is 15.2. The first-order valence-corrected chi connectivity index (χ1v) is 10.3. The van der Waals surface area contributed by atoms with Gasteiger partial charge in [0.2, 0.25) is 0 Å². The van der Waals surface area contributed by atoms with Crippen LogP contribution in [0.3, 0.4) is 0 Å². The summed E-state index contributed by atoms with van der Waals surface area (Å²) in [6, 6.07) is 15.2. The smallest absolute Gasteiger partial charge is 0.258 e. The Morgan fingerprint density at radius 3 is 2.65 bits per heavy atom. The molecule has 154 valence electrons. The number of pyridine rings is 2. The molecule has 1 aliphatic heterocycles. The number of aromatic nitrogens is 3. The second-order valence-electron chi connectivity index (χ2n) is 7.81. The van der Waals surface area contributed by atoms with Gasteiger partial charge in [0.05, 0.1) is 12.4 Å². The van der Waals surface area contributed by atoms with Crippen LogP contribution in [0.4, 0.5) is 0 Å². The van der Waals surface area contributed by atoms with Crippen LogP contribution >= 0.6 is 0 Å². The average Bonchev–Trinajstić information content (AvgIpc) is 3.65. The monoisotopic (exact) mass is 413 g/mol. The lowest BCUT2D eigenvalue weighted by molar-refractivity contribution is 0.0847. The molecular weight excluding hydrogens is 394 g/mol. The Balaban J connectivity index is 1.20. The van der Waals surface area contributed by atoms with Gasteiger partial charge < -0.3 is 14.2 Å². The standard InChI is InChI=1S/C24H19N3O4/c28-23-9-10-25-22-8-7-18(13-27(22)23)30-19-11-20-24(26-12-19)31-21(14-29-20)17-5-3-16(4-6-17)15-1-2-15/h3-13,15,21H,1-2,14H2/t21-/m1/s1. The maximum absolute atomic E-state index is 12.0. The Morgan fingerprint density at radius 2 is 1.81 bits per heavy atom. The average molecular weight is 413 g/mol.